The zero-order valence-corrected chi connectivity index (χ0v) is 16.1. The predicted octanol–water partition coefficient (Wildman–Crippen LogP) is 4.83. The van der Waals surface area contributed by atoms with Crippen LogP contribution in [0.5, 0.6) is 0 Å². The van der Waals surface area contributed by atoms with E-state index in [1.54, 1.807) is 48.5 Å². The number of methoxy groups -OCH3 is 1. The summed E-state index contributed by atoms with van der Waals surface area (Å²) in [6, 6.07) is 15.4. The van der Waals surface area contributed by atoms with Gasteiger partial charge < -0.3 is 15.4 Å². The molecular weight excluding hydrogens is 378 g/mol. The third kappa shape index (κ3) is 4.47. The maximum atomic E-state index is 12.6. The lowest BCUT2D eigenvalue weighted by Crippen LogP contribution is -2.13. The van der Waals surface area contributed by atoms with E-state index in [-0.39, 0.29) is 5.91 Å². The molecule has 3 rings (SSSR count). The second kappa shape index (κ2) is 8.54. The Morgan fingerprint density at radius 1 is 1.04 bits per heavy atom. The van der Waals surface area contributed by atoms with E-state index in [4.69, 9.17) is 16.3 Å². The van der Waals surface area contributed by atoms with Crippen LogP contribution >= 0.6 is 11.6 Å². The maximum absolute atomic E-state index is 12.6. The van der Waals surface area contributed by atoms with Crippen molar-refractivity contribution in [2.75, 3.05) is 17.7 Å². The zero-order valence-electron chi connectivity index (χ0n) is 15.3. The number of rotatable bonds is 5. The topological polar surface area (TPSA) is 80.3 Å². The van der Waals surface area contributed by atoms with Crippen LogP contribution in [0.2, 0.25) is 5.02 Å². The lowest BCUT2D eigenvalue weighted by molar-refractivity contribution is 0.0601. The Bertz CT molecular complexity index is 1040. The van der Waals surface area contributed by atoms with Crippen molar-refractivity contribution < 1.29 is 14.3 Å². The van der Waals surface area contributed by atoms with Crippen molar-refractivity contribution in [1.82, 2.24) is 4.98 Å². The Balaban J connectivity index is 1.82. The molecule has 0 fully saturated rings. The SMILES string of the molecule is COC(=O)c1ccccc1Nc1cc(C(=O)Nc2cc(Cl)ccc2C)ccn1. The Morgan fingerprint density at radius 2 is 1.82 bits per heavy atom. The second-order valence-electron chi connectivity index (χ2n) is 6.01. The van der Waals surface area contributed by atoms with Gasteiger partial charge in [-0.05, 0) is 48.9 Å². The summed E-state index contributed by atoms with van der Waals surface area (Å²) in [5.74, 6) is -0.336. The molecule has 1 heterocycles. The normalized spacial score (nSPS) is 10.2. The minimum Gasteiger partial charge on any atom is -0.465 e. The highest BCUT2D eigenvalue weighted by Gasteiger charge is 2.13. The standard InChI is InChI=1S/C21H18ClN3O3/c1-13-7-8-15(22)12-18(13)25-20(26)14-9-10-23-19(11-14)24-17-6-4-3-5-16(17)21(27)28-2/h3-12H,1-2H3,(H,23,24)(H,25,26). The average molecular weight is 396 g/mol. The average Bonchev–Trinajstić information content (AvgIpc) is 2.70. The number of para-hydroxylation sites is 1. The second-order valence-corrected chi connectivity index (χ2v) is 6.44. The first kappa shape index (κ1) is 19.4. The number of amides is 1. The van der Waals surface area contributed by atoms with Crippen LogP contribution in [0.25, 0.3) is 0 Å². The number of carbonyl (C=O) groups excluding carboxylic acids is 2. The van der Waals surface area contributed by atoms with Crippen LogP contribution in [0.1, 0.15) is 26.3 Å². The number of halogens is 1. The predicted molar refractivity (Wildman–Crippen MR) is 109 cm³/mol. The number of carbonyl (C=O) groups is 2. The van der Waals surface area contributed by atoms with Gasteiger partial charge in [0, 0.05) is 22.5 Å². The summed E-state index contributed by atoms with van der Waals surface area (Å²) < 4.78 is 4.79. The smallest absolute Gasteiger partial charge is 0.339 e. The molecule has 0 bridgehead atoms. The molecule has 0 aliphatic rings. The van der Waals surface area contributed by atoms with Crippen molar-refractivity contribution in [3.8, 4) is 0 Å². The van der Waals surface area contributed by atoms with E-state index in [0.717, 1.165) is 5.56 Å². The number of pyridine rings is 1. The van der Waals surface area contributed by atoms with E-state index in [1.807, 2.05) is 13.0 Å². The van der Waals surface area contributed by atoms with E-state index < -0.39 is 5.97 Å². The van der Waals surface area contributed by atoms with Gasteiger partial charge in [-0.15, -0.1) is 0 Å². The number of aryl methyl sites for hydroxylation is 1. The first-order chi connectivity index (χ1) is 13.5. The summed E-state index contributed by atoms with van der Waals surface area (Å²) in [6.45, 7) is 1.88. The maximum Gasteiger partial charge on any atom is 0.339 e. The van der Waals surface area contributed by atoms with Crippen molar-refractivity contribution in [2.45, 2.75) is 6.92 Å². The highest BCUT2D eigenvalue weighted by Crippen LogP contribution is 2.23. The summed E-state index contributed by atoms with van der Waals surface area (Å²) >= 11 is 6.01. The lowest BCUT2D eigenvalue weighted by Gasteiger charge is -2.12. The summed E-state index contributed by atoms with van der Waals surface area (Å²) in [4.78, 5) is 28.7. The molecule has 0 radical (unpaired) electrons. The first-order valence-electron chi connectivity index (χ1n) is 8.46. The molecule has 2 aromatic carbocycles. The zero-order chi connectivity index (χ0) is 20.1. The Morgan fingerprint density at radius 3 is 2.61 bits per heavy atom. The van der Waals surface area contributed by atoms with Gasteiger partial charge >= 0.3 is 5.97 Å². The van der Waals surface area contributed by atoms with Crippen LogP contribution < -0.4 is 10.6 Å². The summed E-state index contributed by atoms with van der Waals surface area (Å²) in [5.41, 5.74) is 2.85. The molecule has 0 saturated carbocycles. The molecule has 6 nitrogen and oxygen atoms in total. The number of aromatic nitrogens is 1. The Hall–Kier alpha value is -3.38. The number of benzene rings is 2. The number of anilines is 3. The molecule has 1 amide bonds. The number of hydrogen-bond acceptors (Lipinski definition) is 5. The Labute approximate surface area is 167 Å². The third-order valence-electron chi connectivity index (χ3n) is 4.07. The highest BCUT2D eigenvalue weighted by atomic mass is 35.5. The minimum atomic E-state index is -0.464. The van der Waals surface area contributed by atoms with Crippen molar-refractivity contribution in [3.63, 3.8) is 0 Å². The first-order valence-corrected chi connectivity index (χ1v) is 8.83. The number of hydrogen-bond donors (Lipinski definition) is 2. The molecule has 0 unspecified atom stereocenters. The monoisotopic (exact) mass is 395 g/mol. The third-order valence-corrected chi connectivity index (χ3v) is 4.30. The van der Waals surface area contributed by atoms with Gasteiger partial charge in [0.25, 0.3) is 5.91 Å². The molecule has 1 aromatic heterocycles. The van der Waals surface area contributed by atoms with Gasteiger partial charge in [0.2, 0.25) is 0 Å². The van der Waals surface area contributed by atoms with Gasteiger partial charge in [-0.2, -0.15) is 0 Å². The lowest BCUT2D eigenvalue weighted by atomic mass is 10.1. The molecule has 0 saturated heterocycles. The fraction of sp³-hybridized carbons (Fsp3) is 0.0952. The van der Waals surface area contributed by atoms with Gasteiger partial charge in [0.15, 0.2) is 0 Å². The summed E-state index contributed by atoms with van der Waals surface area (Å²) in [7, 11) is 1.32. The molecule has 7 heteroatoms. The van der Waals surface area contributed by atoms with E-state index in [2.05, 4.69) is 15.6 Å². The van der Waals surface area contributed by atoms with Crippen molar-refractivity contribution in [1.29, 1.82) is 0 Å². The van der Waals surface area contributed by atoms with Crippen LogP contribution in [-0.2, 0) is 4.74 Å². The van der Waals surface area contributed by atoms with E-state index in [1.165, 1.54) is 13.3 Å². The fourth-order valence-corrected chi connectivity index (χ4v) is 2.75. The number of esters is 1. The van der Waals surface area contributed by atoms with Gasteiger partial charge in [-0.25, -0.2) is 9.78 Å². The van der Waals surface area contributed by atoms with E-state index in [0.29, 0.717) is 33.3 Å². The number of nitrogens with zero attached hydrogens (tertiary/aromatic N) is 1. The Kier molecular flexibility index (Phi) is 5.91. The van der Waals surface area contributed by atoms with Crippen LogP contribution in [0, 0.1) is 6.92 Å². The van der Waals surface area contributed by atoms with Crippen LogP contribution in [-0.4, -0.2) is 24.0 Å². The molecule has 2 N–H and O–H groups in total. The van der Waals surface area contributed by atoms with E-state index in [9.17, 15) is 9.59 Å². The van der Waals surface area contributed by atoms with Crippen molar-refractivity contribution >= 4 is 40.7 Å². The van der Waals surface area contributed by atoms with Gasteiger partial charge in [0.1, 0.15) is 5.82 Å². The quantitative estimate of drug-likeness (QED) is 0.605. The molecule has 142 valence electrons. The molecule has 0 aliphatic carbocycles. The van der Waals surface area contributed by atoms with Crippen LogP contribution in [0.3, 0.4) is 0 Å². The highest BCUT2D eigenvalue weighted by molar-refractivity contribution is 6.31. The van der Waals surface area contributed by atoms with Gasteiger partial charge in [-0.1, -0.05) is 29.8 Å². The van der Waals surface area contributed by atoms with Crippen molar-refractivity contribution in [3.05, 3.63) is 82.5 Å². The molecular formula is C21H18ClN3O3. The number of ether oxygens (including phenoxy) is 1. The van der Waals surface area contributed by atoms with Crippen LogP contribution in [0.4, 0.5) is 17.2 Å². The summed E-state index contributed by atoms with van der Waals surface area (Å²) in [5, 5.41) is 6.44. The molecule has 0 spiro atoms. The summed E-state index contributed by atoms with van der Waals surface area (Å²) in [6.07, 6.45) is 1.52. The van der Waals surface area contributed by atoms with Gasteiger partial charge in [-0.3, -0.25) is 4.79 Å². The molecule has 28 heavy (non-hydrogen) atoms. The minimum absolute atomic E-state index is 0.294. The molecule has 0 atom stereocenters. The fourth-order valence-electron chi connectivity index (χ4n) is 2.58. The molecule has 0 aliphatic heterocycles. The molecule has 3 aromatic rings. The number of nitrogens with one attached hydrogen (secondary N) is 2. The van der Waals surface area contributed by atoms with Gasteiger partial charge in [0.05, 0.1) is 18.4 Å². The largest absolute Gasteiger partial charge is 0.465 e. The van der Waals surface area contributed by atoms with Crippen molar-refractivity contribution in [2.24, 2.45) is 0 Å². The van der Waals surface area contributed by atoms with E-state index >= 15 is 0 Å². The van der Waals surface area contributed by atoms with Crippen LogP contribution in [0.15, 0.2) is 60.8 Å².